The molecule has 0 aliphatic heterocycles. The Kier molecular flexibility index (Phi) is 8.36. The highest BCUT2D eigenvalue weighted by atomic mass is 32.1. The van der Waals surface area contributed by atoms with Gasteiger partial charge in [-0.05, 0) is 86.3 Å². The van der Waals surface area contributed by atoms with Crippen molar-refractivity contribution in [2.45, 2.75) is 0 Å². The Morgan fingerprint density at radius 1 is 0.312 bits per heavy atom. The molecule has 13 aromatic rings. The van der Waals surface area contributed by atoms with E-state index in [1.165, 1.54) is 58.1 Å². The van der Waals surface area contributed by atoms with Gasteiger partial charge in [0.15, 0.2) is 17.5 Å². The third kappa shape index (κ3) is 6.01. The van der Waals surface area contributed by atoms with E-state index in [2.05, 4.69) is 205 Å². The number of thiophene rings is 1. The predicted molar refractivity (Wildman–Crippen MR) is 269 cm³/mol. The standard InChI is InChI=1S/C59H36N4S/c1-3-14-37(15-4-1)45-30-31-49(52(36-45)63-53-34-43-20-9-7-18-41(43)32-50(53)51-33-42-19-8-10-21-44(42)35-54(51)63)59-61-57(39-16-5-2-6-17-39)60-58(62-59)40-28-26-38(27-29-40)46-23-13-24-48-47-22-11-12-25-55(47)64-56(46)48/h1-36H. The topological polar surface area (TPSA) is 43.6 Å². The van der Waals surface area contributed by atoms with E-state index in [0.29, 0.717) is 17.5 Å². The van der Waals surface area contributed by atoms with Gasteiger partial charge in [0.2, 0.25) is 0 Å². The lowest BCUT2D eigenvalue weighted by atomic mass is 10.0. The monoisotopic (exact) mass is 832 g/mol. The van der Waals surface area contributed by atoms with Crippen LogP contribution in [0.3, 0.4) is 0 Å². The highest BCUT2D eigenvalue weighted by molar-refractivity contribution is 7.26. The fourth-order valence-corrected chi connectivity index (χ4v) is 10.7. The molecule has 0 aliphatic rings. The van der Waals surface area contributed by atoms with Gasteiger partial charge < -0.3 is 4.57 Å². The van der Waals surface area contributed by atoms with Crippen LogP contribution in [0, 0.1) is 0 Å². The van der Waals surface area contributed by atoms with Crippen LogP contribution < -0.4 is 0 Å². The summed E-state index contributed by atoms with van der Waals surface area (Å²) in [7, 11) is 0. The number of hydrogen-bond donors (Lipinski definition) is 0. The minimum atomic E-state index is 0.606. The van der Waals surface area contributed by atoms with E-state index in [9.17, 15) is 0 Å². The van der Waals surface area contributed by atoms with E-state index in [1.54, 1.807) is 0 Å². The summed E-state index contributed by atoms with van der Waals surface area (Å²) in [6.07, 6.45) is 0. The molecular weight excluding hydrogens is 797 g/mol. The second kappa shape index (κ2) is 14.7. The molecule has 64 heavy (non-hydrogen) atoms. The van der Waals surface area contributed by atoms with E-state index in [1.807, 2.05) is 29.5 Å². The predicted octanol–water partition coefficient (Wildman–Crippen LogP) is 16.0. The van der Waals surface area contributed by atoms with Crippen molar-refractivity contribution >= 4 is 74.9 Å². The Balaban J connectivity index is 1.05. The SMILES string of the molecule is c1ccc(-c2ccc(-c3nc(-c4ccccc4)nc(-c4ccc(-c5cccc6c5sc5ccccc56)cc4)n3)c(-n3c4cc5ccccc5cc4c4cc5ccccc5cc43)c2)cc1. The molecule has 0 aliphatic carbocycles. The lowest BCUT2D eigenvalue weighted by molar-refractivity contribution is 1.06. The third-order valence-electron chi connectivity index (χ3n) is 12.6. The molecule has 0 unspecified atom stereocenters. The molecule has 0 saturated carbocycles. The maximum absolute atomic E-state index is 5.38. The van der Waals surface area contributed by atoms with Gasteiger partial charge in [-0.25, -0.2) is 15.0 Å². The van der Waals surface area contributed by atoms with E-state index >= 15 is 0 Å². The number of rotatable bonds is 6. The highest BCUT2D eigenvalue weighted by Crippen LogP contribution is 2.43. The molecular formula is C59H36N4S. The molecule has 0 fully saturated rings. The molecule has 0 bridgehead atoms. The van der Waals surface area contributed by atoms with Gasteiger partial charge in [-0.2, -0.15) is 0 Å². The van der Waals surface area contributed by atoms with Crippen LogP contribution in [0.4, 0.5) is 0 Å². The number of nitrogens with zero attached hydrogens (tertiary/aromatic N) is 4. The van der Waals surface area contributed by atoms with Crippen LogP contribution in [0.2, 0.25) is 0 Å². The van der Waals surface area contributed by atoms with Crippen molar-refractivity contribution in [3.8, 4) is 62.1 Å². The molecule has 5 heteroatoms. The lowest BCUT2D eigenvalue weighted by Crippen LogP contribution is -2.04. The van der Waals surface area contributed by atoms with Crippen LogP contribution in [0.15, 0.2) is 218 Å². The molecule has 13 rings (SSSR count). The van der Waals surface area contributed by atoms with Crippen LogP contribution in [0.5, 0.6) is 0 Å². The van der Waals surface area contributed by atoms with E-state index < -0.39 is 0 Å². The van der Waals surface area contributed by atoms with Crippen LogP contribution in [0.1, 0.15) is 0 Å². The summed E-state index contributed by atoms with van der Waals surface area (Å²) in [4.78, 5) is 15.9. The minimum Gasteiger partial charge on any atom is -0.308 e. The molecule has 0 N–H and O–H groups in total. The number of aromatic nitrogens is 4. The van der Waals surface area contributed by atoms with Crippen molar-refractivity contribution in [1.29, 1.82) is 0 Å². The Morgan fingerprint density at radius 3 is 1.47 bits per heavy atom. The fourth-order valence-electron chi connectivity index (χ4n) is 9.48. The van der Waals surface area contributed by atoms with E-state index in [4.69, 9.17) is 15.0 Å². The second-order valence-electron chi connectivity index (χ2n) is 16.4. The Morgan fingerprint density at radius 2 is 0.812 bits per heavy atom. The Hall–Kier alpha value is -8.25. The third-order valence-corrected chi connectivity index (χ3v) is 13.8. The maximum Gasteiger partial charge on any atom is 0.166 e. The zero-order valence-electron chi connectivity index (χ0n) is 34.5. The molecule has 0 atom stereocenters. The number of fused-ring (bicyclic) bond motifs is 8. The quantitative estimate of drug-likeness (QED) is 0.168. The summed E-state index contributed by atoms with van der Waals surface area (Å²) in [6.45, 7) is 0. The highest BCUT2D eigenvalue weighted by Gasteiger charge is 2.22. The summed E-state index contributed by atoms with van der Waals surface area (Å²) in [5.41, 5.74) is 10.6. The minimum absolute atomic E-state index is 0.606. The van der Waals surface area contributed by atoms with E-state index in [0.717, 1.165) is 50.1 Å². The van der Waals surface area contributed by atoms with Crippen LogP contribution >= 0.6 is 11.3 Å². The molecule has 0 saturated heterocycles. The van der Waals surface area contributed by atoms with Crippen LogP contribution in [-0.4, -0.2) is 19.5 Å². The largest absolute Gasteiger partial charge is 0.308 e. The van der Waals surface area contributed by atoms with Gasteiger partial charge in [0.25, 0.3) is 0 Å². The molecule has 0 radical (unpaired) electrons. The van der Waals surface area contributed by atoms with Crippen molar-refractivity contribution < 1.29 is 0 Å². The average Bonchev–Trinajstić information content (AvgIpc) is 3.90. The van der Waals surface area contributed by atoms with E-state index in [-0.39, 0.29) is 0 Å². The molecule has 0 spiro atoms. The molecule has 3 aromatic heterocycles. The van der Waals surface area contributed by atoms with Crippen LogP contribution in [0.25, 0.3) is 126 Å². The molecule has 3 heterocycles. The molecule has 10 aromatic carbocycles. The van der Waals surface area contributed by atoms with Crippen molar-refractivity contribution in [2.24, 2.45) is 0 Å². The first-order valence-corrected chi connectivity index (χ1v) is 22.4. The summed E-state index contributed by atoms with van der Waals surface area (Å²) < 4.78 is 5.02. The zero-order valence-corrected chi connectivity index (χ0v) is 35.3. The summed E-state index contributed by atoms with van der Waals surface area (Å²) in [5.74, 6) is 1.85. The first kappa shape index (κ1) is 36.4. The smallest absolute Gasteiger partial charge is 0.166 e. The van der Waals surface area contributed by atoms with Gasteiger partial charge in [-0.15, -0.1) is 11.3 Å². The van der Waals surface area contributed by atoms with Crippen molar-refractivity contribution in [3.05, 3.63) is 218 Å². The van der Waals surface area contributed by atoms with Gasteiger partial charge in [-0.1, -0.05) is 176 Å². The average molecular weight is 833 g/mol. The lowest BCUT2D eigenvalue weighted by Gasteiger charge is -2.17. The van der Waals surface area contributed by atoms with Gasteiger partial charge in [0.05, 0.1) is 16.7 Å². The summed E-state index contributed by atoms with van der Waals surface area (Å²) in [6, 6.07) is 78.2. The van der Waals surface area contributed by atoms with Gasteiger partial charge in [0, 0.05) is 47.6 Å². The summed E-state index contributed by atoms with van der Waals surface area (Å²) >= 11 is 1.85. The fraction of sp³-hybridized carbons (Fsp3) is 0. The van der Waals surface area contributed by atoms with Crippen molar-refractivity contribution in [3.63, 3.8) is 0 Å². The van der Waals surface area contributed by atoms with Gasteiger partial charge in [0.1, 0.15) is 0 Å². The first-order valence-electron chi connectivity index (χ1n) is 21.6. The number of hydrogen-bond acceptors (Lipinski definition) is 4. The zero-order chi connectivity index (χ0) is 42.1. The first-order chi connectivity index (χ1) is 31.7. The summed E-state index contributed by atoms with van der Waals surface area (Å²) in [5, 5.41) is 9.77. The van der Waals surface area contributed by atoms with Crippen molar-refractivity contribution in [2.75, 3.05) is 0 Å². The Labute approximate surface area is 373 Å². The van der Waals surface area contributed by atoms with Gasteiger partial charge >= 0.3 is 0 Å². The molecule has 298 valence electrons. The maximum atomic E-state index is 5.38. The van der Waals surface area contributed by atoms with Gasteiger partial charge in [-0.3, -0.25) is 0 Å². The molecule has 4 nitrogen and oxygen atoms in total. The Bertz CT molecular complexity index is 3850. The number of benzene rings is 10. The molecule has 0 amide bonds. The van der Waals surface area contributed by atoms with Crippen LogP contribution in [-0.2, 0) is 0 Å². The van der Waals surface area contributed by atoms with Crippen molar-refractivity contribution in [1.82, 2.24) is 19.5 Å². The normalized spacial score (nSPS) is 11.8. The second-order valence-corrected chi connectivity index (χ2v) is 17.4.